The third-order valence-corrected chi connectivity index (χ3v) is 4.81. The second-order valence-corrected chi connectivity index (χ2v) is 6.97. The summed E-state index contributed by atoms with van der Waals surface area (Å²) in [5, 5.41) is 0. The van der Waals surface area contributed by atoms with Gasteiger partial charge in [0, 0.05) is 42.8 Å². The summed E-state index contributed by atoms with van der Waals surface area (Å²) in [5.41, 5.74) is 1.73. The lowest BCUT2D eigenvalue weighted by atomic mass is 10.1. The van der Waals surface area contributed by atoms with E-state index in [1.165, 1.54) is 6.07 Å². The number of hydrogen-bond donors (Lipinski definition) is 0. The summed E-state index contributed by atoms with van der Waals surface area (Å²) in [6.07, 6.45) is 0.423. The van der Waals surface area contributed by atoms with Crippen LogP contribution in [0.2, 0.25) is 0 Å². The first kappa shape index (κ1) is 17.1. The highest BCUT2D eigenvalue weighted by molar-refractivity contribution is 9.10. The van der Waals surface area contributed by atoms with E-state index < -0.39 is 0 Å². The smallest absolute Gasteiger partial charge is 0.227 e. The van der Waals surface area contributed by atoms with Crippen molar-refractivity contribution >= 4 is 21.8 Å². The van der Waals surface area contributed by atoms with Gasteiger partial charge in [0.25, 0.3) is 0 Å². The molecule has 0 spiro atoms. The molecule has 1 saturated heterocycles. The topological polar surface area (TPSA) is 23.6 Å². The van der Waals surface area contributed by atoms with E-state index in [-0.39, 0.29) is 11.7 Å². The normalized spacial score (nSPS) is 15.5. The number of rotatable bonds is 4. The van der Waals surface area contributed by atoms with E-state index in [0.29, 0.717) is 31.6 Å². The molecule has 3 rings (SSSR count). The molecule has 1 aliphatic heterocycles. The van der Waals surface area contributed by atoms with Crippen LogP contribution in [-0.4, -0.2) is 41.9 Å². The molecule has 126 valence electrons. The van der Waals surface area contributed by atoms with Gasteiger partial charge in [-0.1, -0.05) is 46.3 Å². The molecule has 0 N–H and O–H groups in total. The van der Waals surface area contributed by atoms with Gasteiger partial charge in [-0.05, 0) is 23.8 Å². The molecule has 5 heteroatoms. The number of carbonyl (C=O) groups excluding carboxylic acids is 1. The molecule has 0 atom stereocenters. The minimum Gasteiger partial charge on any atom is -0.340 e. The fraction of sp³-hybridized carbons (Fsp3) is 0.316. The maximum absolute atomic E-state index is 13.7. The van der Waals surface area contributed by atoms with Gasteiger partial charge in [0.15, 0.2) is 0 Å². The molecule has 1 aliphatic rings. The number of benzene rings is 2. The summed E-state index contributed by atoms with van der Waals surface area (Å²) >= 11 is 3.43. The largest absolute Gasteiger partial charge is 0.340 e. The monoisotopic (exact) mass is 390 g/mol. The van der Waals surface area contributed by atoms with Gasteiger partial charge in [0.05, 0.1) is 6.42 Å². The van der Waals surface area contributed by atoms with Crippen LogP contribution >= 0.6 is 15.9 Å². The molecule has 3 nitrogen and oxygen atoms in total. The molecule has 1 heterocycles. The lowest BCUT2D eigenvalue weighted by Crippen LogP contribution is -2.48. The van der Waals surface area contributed by atoms with Crippen LogP contribution < -0.4 is 0 Å². The minimum absolute atomic E-state index is 0.152. The van der Waals surface area contributed by atoms with E-state index in [0.717, 1.165) is 23.1 Å². The van der Waals surface area contributed by atoms with Gasteiger partial charge < -0.3 is 4.90 Å². The molecule has 1 amide bonds. The van der Waals surface area contributed by atoms with Crippen LogP contribution in [0.3, 0.4) is 0 Å². The van der Waals surface area contributed by atoms with Crippen LogP contribution in [0.4, 0.5) is 4.39 Å². The molecule has 1 fully saturated rings. The molecule has 0 aliphatic carbocycles. The Hall–Kier alpha value is -1.72. The van der Waals surface area contributed by atoms with E-state index in [2.05, 4.69) is 20.8 Å². The highest BCUT2D eigenvalue weighted by Crippen LogP contribution is 2.15. The summed E-state index contributed by atoms with van der Waals surface area (Å²) in [6, 6.07) is 14.7. The lowest BCUT2D eigenvalue weighted by Gasteiger charge is -2.35. The third kappa shape index (κ3) is 4.42. The number of piperazine rings is 1. The van der Waals surface area contributed by atoms with Crippen molar-refractivity contribution in [2.75, 3.05) is 26.2 Å². The highest BCUT2D eigenvalue weighted by atomic mass is 79.9. The summed E-state index contributed by atoms with van der Waals surface area (Å²) in [5.74, 6) is -0.00991. The van der Waals surface area contributed by atoms with Gasteiger partial charge >= 0.3 is 0 Å². The fourth-order valence-electron chi connectivity index (χ4n) is 2.96. The van der Waals surface area contributed by atoms with E-state index in [1.807, 2.05) is 41.3 Å². The average Bonchev–Trinajstić information content (AvgIpc) is 2.57. The molecule has 0 saturated carbocycles. The summed E-state index contributed by atoms with van der Waals surface area (Å²) in [6.45, 7) is 3.54. The van der Waals surface area contributed by atoms with Gasteiger partial charge in [-0.2, -0.15) is 0 Å². The van der Waals surface area contributed by atoms with E-state index >= 15 is 0 Å². The van der Waals surface area contributed by atoms with E-state index in [1.54, 1.807) is 6.07 Å². The fourth-order valence-corrected chi connectivity index (χ4v) is 3.40. The molecule has 0 bridgehead atoms. The first-order chi connectivity index (χ1) is 11.6. The zero-order chi connectivity index (χ0) is 16.9. The second kappa shape index (κ2) is 7.90. The third-order valence-electron chi connectivity index (χ3n) is 4.32. The molecule has 2 aromatic rings. The molecule has 0 radical (unpaired) electrons. The van der Waals surface area contributed by atoms with Crippen LogP contribution in [0.15, 0.2) is 53.0 Å². The van der Waals surface area contributed by atoms with Crippen LogP contribution in [0.5, 0.6) is 0 Å². The zero-order valence-electron chi connectivity index (χ0n) is 13.4. The van der Waals surface area contributed by atoms with Gasteiger partial charge in [-0.15, -0.1) is 0 Å². The quantitative estimate of drug-likeness (QED) is 0.797. The first-order valence-corrected chi connectivity index (χ1v) is 8.89. The van der Waals surface area contributed by atoms with Crippen molar-refractivity contribution in [3.8, 4) is 0 Å². The van der Waals surface area contributed by atoms with Crippen molar-refractivity contribution in [2.24, 2.45) is 0 Å². The SMILES string of the molecule is O=C(Cc1cccc(Br)c1)N1CCN(Cc2ccccc2F)CC1. The molecule has 0 unspecified atom stereocenters. The number of carbonyl (C=O) groups is 1. The Kier molecular flexibility index (Phi) is 5.63. The number of amides is 1. The maximum atomic E-state index is 13.7. The number of hydrogen-bond acceptors (Lipinski definition) is 2. The van der Waals surface area contributed by atoms with E-state index in [9.17, 15) is 9.18 Å². The predicted octanol–water partition coefficient (Wildman–Crippen LogP) is 3.48. The predicted molar refractivity (Wildman–Crippen MR) is 96.1 cm³/mol. The molecule has 2 aromatic carbocycles. The van der Waals surface area contributed by atoms with Crippen molar-refractivity contribution in [2.45, 2.75) is 13.0 Å². The van der Waals surface area contributed by atoms with Crippen molar-refractivity contribution in [3.05, 3.63) is 69.9 Å². The zero-order valence-corrected chi connectivity index (χ0v) is 15.0. The van der Waals surface area contributed by atoms with Crippen molar-refractivity contribution in [3.63, 3.8) is 0 Å². The molecule has 0 aromatic heterocycles. The molecular weight excluding hydrogens is 371 g/mol. The van der Waals surface area contributed by atoms with Crippen LogP contribution in [-0.2, 0) is 17.8 Å². The van der Waals surface area contributed by atoms with Gasteiger partial charge in [0.1, 0.15) is 5.82 Å². The standard InChI is InChI=1S/C19H20BrFN2O/c20-17-6-3-4-15(12-17)13-19(24)23-10-8-22(9-11-23)14-16-5-1-2-7-18(16)21/h1-7,12H,8-11,13-14H2. The van der Waals surface area contributed by atoms with Crippen LogP contribution in [0, 0.1) is 5.82 Å². The minimum atomic E-state index is -0.161. The Morgan fingerprint density at radius 3 is 2.50 bits per heavy atom. The summed E-state index contributed by atoms with van der Waals surface area (Å²) in [4.78, 5) is 16.5. The van der Waals surface area contributed by atoms with Gasteiger partial charge in [-0.3, -0.25) is 9.69 Å². The van der Waals surface area contributed by atoms with Crippen molar-refractivity contribution in [1.29, 1.82) is 0 Å². The second-order valence-electron chi connectivity index (χ2n) is 6.06. The number of halogens is 2. The Labute approximate surface area is 150 Å². The Morgan fingerprint density at radius 1 is 1.04 bits per heavy atom. The summed E-state index contributed by atoms with van der Waals surface area (Å²) < 4.78 is 14.7. The highest BCUT2D eigenvalue weighted by Gasteiger charge is 2.21. The average molecular weight is 391 g/mol. The first-order valence-electron chi connectivity index (χ1n) is 8.10. The molecule has 24 heavy (non-hydrogen) atoms. The van der Waals surface area contributed by atoms with Crippen molar-refractivity contribution in [1.82, 2.24) is 9.80 Å². The van der Waals surface area contributed by atoms with Gasteiger partial charge in [-0.25, -0.2) is 4.39 Å². The Morgan fingerprint density at radius 2 is 1.79 bits per heavy atom. The molecular formula is C19H20BrFN2O. The maximum Gasteiger partial charge on any atom is 0.227 e. The van der Waals surface area contributed by atoms with Gasteiger partial charge in [0.2, 0.25) is 5.91 Å². The Bertz CT molecular complexity index is 714. The van der Waals surface area contributed by atoms with Crippen LogP contribution in [0.25, 0.3) is 0 Å². The van der Waals surface area contributed by atoms with Crippen molar-refractivity contribution < 1.29 is 9.18 Å². The lowest BCUT2D eigenvalue weighted by molar-refractivity contribution is -0.132. The number of nitrogens with zero attached hydrogens (tertiary/aromatic N) is 2. The summed E-state index contributed by atoms with van der Waals surface area (Å²) in [7, 11) is 0. The van der Waals surface area contributed by atoms with Crippen LogP contribution in [0.1, 0.15) is 11.1 Å². The Balaban J connectivity index is 1.51. The van der Waals surface area contributed by atoms with E-state index in [4.69, 9.17) is 0 Å².